The number of rotatable bonds is 6. The van der Waals surface area contributed by atoms with Gasteiger partial charge in [0, 0.05) is 28.9 Å². The van der Waals surface area contributed by atoms with E-state index in [0.717, 1.165) is 4.88 Å². The van der Waals surface area contributed by atoms with E-state index in [1.807, 2.05) is 0 Å². The Labute approximate surface area is 219 Å². The first kappa shape index (κ1) is 25.4. The monoisotopic (exact) mass is 549 g/mol. The van der Waals surface area contributed by atoms with Gasteiger partial charge in [0.05, 0.1) is 42.5 Å². The molecule has 1 saturated carbocycles. The number of amides is 2. The number of nitrogens with zero attached hydrogens (tertiary/aromatic N) is 4. The van der Waals surface area contributed by atoms with Crippen LogP contribution in [0.1, 0.15) is 39.5 Å². The Hall–Kier alpha value is -3.22. The summed E-state index contributed by atoms with van der Waals surface area (Å²) in [6.07, 6.45) is -0.420. The summed E-state index contributed by atoms with van der Waals surface area (Å²) in [4.78, 5) is 41.0. The number of aryl methyl sites for hydroxylation is 1. The van der Waals surface area contributed by atoms with Gasteiger partial charge in [-0.3, -0.25) is 19.9 Å². The van der Waals surface area contributed by atoms with Gasteiger partial charge in [0.1, 0.15) is 16.5 Å². The number of aromatic nitrogens is 3. The van der Waals surface area contributed by atoms with Crippen LogP contribution in [0, 0.1) is 12.8 Å². The zero-order valence-electron chi connectivity index (χ0n) is 19.8. The van der Waals surface area contributed by atoms with E-state index in [9.17, 15) is 23.5 Å². The second-order valence-corrected chi connectivity index (χ2v) is 10.6. The van der Waals surface area contributed by atoms with E-state index in [0.29, 0.717) is 33.4 Å². The Morgan fingerprint density at radius 2 is 2.00 bits per heavy atom. The van der Waals surface area contributed by atoms with E-state index in [4.69, 9.17) is 16.3 Å². The van der Waals surface area contributed by atoms with Crippen LogP contribution in [-0.2, 0) is 17.9 Å². The normalized spacial score (nSPS) is 20.5. The van der Waals surface area contributed by atoms with Gasteiger partial charge in [-0.25, -0.2) is 18.7 Å². The van der Waals surface area contributed by atoms with E-state index in [-0.39, 0.29) is 42.6 Å². The van der Waals surface area contributed by atoms with Crippen molar-refractivity contribution in [3.05, 3.63) is 51.5 Å². The number of ether oxygens (including phenoxy) is 1. The van der Waals surface area contributed by atoms with Crippen molar-refractivity contribution in [2.45, 2.75) is 44.9 Å². The molecule has 37 heavy (non-hydrogen) atoms. The van der Waals surface area contributed by atoms with E-state index >= 15 is 0 Å². The first-order chi connectivity index (χ1) is 17.6. The third-order valence-electron chi connectivity index (χ3n) is 6.57. The van der Waals surface area contributed by atoms with Gasteiger partial charge < -0.3 is 14.7 Å². The third kappa shape index (κ3) is 4.76. The average Bonchev–Trinajstić information content (AvgIpc) is 3.40. The molecule has 0 spiro atoms. The average molecular weight is 550 g/mol. The zero-order valence-corrected chi connectivity index (χ0v) is 21.4. The Bertz CT molecular complexity index is 1370. The standard InChI is InChI=1S/C24H22ClF2N5O4S/c1-11-3-13(14-4-19(25)29-8-17(14)36-2)15(7-28-11)20(33)31-23-30-16-9-32(10-18(16)37-23)21(34)12-5-24(35,6-12)22(26)27/h3-4,7-8,12,22,35H,5-6,9-10H2,1-2H3,(H,30,31,33). The van der Waals surface area contributed by atoms with E-state index in [2.05, 4.69) is 20.3 Å². The highest BCUT2D eigenvalue weighted by Gasteiger charge is 2.53. The number of halogens is 3. The number of nitrogens with one attached hydrogen (secondary N) is 1. The molecule has 0 radical (unpaired) electrons. The van der Waals surface area contributed by atoms with Gasteiger partial charge in [-0.05, 0) is 31.9 Å². The summed E-state index contributed by atoms with van der Waals surface area (Å²) in [5.41, 5.74) is 0.699. The largest absolute Gasteiger partial charge is 0.494 e. The molecule has 5 rings (SSSR count). The molecule has 9 nitrogen and oxygen atoms in total. The first-order valence-electron chi connectivity index (χ1n) is 11.3. The number of carbonyl (C=O) groups excluding carboxylic acids is 2. The third-order valence-corrected chi connectivity index (χ3v) is 7.77. The number of anilines is 1. The highest BCUT2D eigenvalue weighted by Crippen LogP contribution is 2.44. The number of pyridine rings is 2. The minimum absolute atomic E-state index is 0.216. The second-order valence-electron chi connectivity index (χ2n) is 9.13. The summed E-state index contributed by atoms with van der Waals surface area (Å²) in [5.74, 6) is -0.890. The van der Waals surface area contributed by atoms with Crippen molar-refractivity contribution in [1.82, 2.24) is 19.9 Å². The second kappa shape index (κ2) is 9.58. The molecule has 4 heterocycles. The van der Waals surface area contributed by atoms with Gasteiger partial charge >= 0.3 is 0 Å². The number of thiazole rings is 1. The van der Waals surface area contributed by atoms with Crippen LogP contribution in [-0.4, -0.2) is 55.9 Å². The van der Waals surface area contributed by atoms with Gasteiger partial charge in [0.2, 0.25) is 5.91 Å². The lowest BCUT2D eigenvalue weighted by Crippen LogP contribution is -2.54. The number of hydrogen-bond acceptors (Lipinski definition) is 8. The van der Waals surface area contributed by atoms with Crippen molar-refractivity contribution < 1.29 is 28.2 Å². The number of hydrogen-bond donors (Lipinski definition) is 2. The summed E-state index contributed by atoms with van der Waals surface area (Å²) in [6.45, 7) is 2.29. The van der Waals surface area contributed by atoms with Crippen LogP contribution in [0.4, 0.5) is 13.9 Å². The Morgan fingerprint density at radius 3 is 2.68 bits per heavy atom. The molecule has 0 atom stereocenters. The van der Waals surface area contributed by atoms with Crippen molar-refractivity contribution in [3.63, 3.8) is 0 Å². The SMILES string of the molecule is COc1cnc(Cl)cc1-c1cc(C)ncc1C(=O)Nc1nc2c(s1)CN(C(=O)C1CC(O)(C(F)F)C1)C2. The van der Waals surface area contributed by atoms with Crippen molar-refractivity contribution in [1.29, 1.82) is 0 Å². The number of methoxy groups -OCH3 is 1. The highest BCUT2D eigenvalue weighted by atomic mass is 35.5. The topological polar surface area (TPSA) is 118 Å². The minimum atomic E-state index is -2.87. The summed E-state index contributed by atoms with van der Waals surface area (Å²) in [6, 6.07) is 3.36. The zero-order chi connectivity index (χ0) is 26.5. The predicted octanol–water partition coefficient (Wildman–Crippen LogP) is 4.07. The van der Waals surface area contributed by atoms with Gasteiger partial charge in [0.25, 0.3) is 12.3 Å². The molecule has 1 aliphatic carbocycles. The number of fused-ring (bicyclic) bond motifs is 1. The fourth-order valence-electron chi connectivity index (χ4n) is 4.57. The Balaban J connectivity index is 1.30. The quantitative estimate of drug-likeness (QED) is 0.445. The first-order valence-corrected chi connectivity index (χ1v) is 12.5. The maximum absolute atomic E-state index is 13.2. The van der Waals surface area contributed by atoms with Crippen molar-refractivity contribution in [2.75, 3.05) is 12.4 Å². The lowest BCUT2D eigenvalue weighted by Gasteiger charge is -2.43. The molecular weight excluding hydrogens is 528 g/mol. The fourth-order valence-corrected chi connectivity index (χ4v) is 5.71. The van der Waals surface area contributed by atoms with Crippen LogP contribution < -0.4 is 10.1 Å². The maximum Gasteiger partial charge on any atom is 0.266 e. The van der Waals surface area contributed by atoms with Crippen LogP contribution >= 0.6 is 22.9 Å². The van der Waals surface area contributed by atoms with E-state index in [1.54, 1.807) is 19.1 Å². The molecule has 2 amide bonds. The van der Waals surface area contributed by atoms with Gasteiger partial charge in [-0.1, -0.05) is 22.9 Å². The molecule has 3 aromatic heterocycles. The van der Waals surface area contributed by atoms with Gasteiger partial charge in [-0.15, -0.1) is 0 Å². The van der Waals surface area contributed by atoms with Crippen LogP contribution in [0.15, 0.2) is 24.5 Å². The van der Waals surface area contributed by atoms with Crippen molar-refractivity contribution >= 4 is 39.9 Å². The van der Waals surface area contributed by atoms with E-state index in [1.165, 1.54) is 35.7 Å². The smallest absolute Gasteiger partial charge is 0.266 e. The molecule has 2 aliphatic rings. The highest BCUT2D eigenvalue weighted by molar-refractivity contribution is 7.16. The van der Waals surface area contributed by atoms with Crippen molar-refractivity contribution in [2.24, 2.45) is 5.92 Å². The number of carbonyl (C=O) groups is 2. The summed E-state index contributed by atoms with van der Waals surface area (Å²) in [7, 11) is 1.50. The number of aliphatic hydroxyl groups is 1. The van der Waals surface area contributed by atoms with Crippen LogP contribution in [0.25, 0.3) is 11.1 Å². The minimum Gasteiger partial charge on any atom is -0.494 e. The molecule has 0 unspecified atom stereocenters. The molecule has 1 fully saturated rings. The summed E-state index contributed by atoms with van der Waals surface area (Å²) in [5, 5.41) is 13.2. The molecular formula is C24H22ClF2N5O4S. The van der Waals surface area contributed by atoms with Crippen LogP contribution in [0.3, 0.4) is 0 Å². The summed E-state index contributed by atoms with van der Waals surface area (Å²) < 4.78 is 31.2. The van der Waals surface area contributed by atoms with Gasteiger partial charge in [0.15, 0.2) is 5.13 Å². The lowest BCUT2D eigenvalue weighted by atomic mass is 9.70. The molecule has 13 heteroatoms. The van der Waals surface area contributed by atoms with Gasteiger partial charge in [-0.2, -0.15) is 0 Å². The molecule has 0 saturated heterocycles. The number of alkyl halides is 2. The lowest BCUT2D eigenvalue weighted by molar-refractivity contribution is -0.182. The summed E-state index contributed by atoms with van der Waals surface area (Å²) >= 11 is 7.34. The van der Waals surface area contributed by atoms with E-state index < -0.39 is 23.9 Å². The molecule has 3 aromatic rings. The predicted molar refractivity (Wildman–Crippen MR) is 132 cm³/mol. The molecule has 2 N–H and O–H groups in total. The van der Waals surface area contributed by atoms with Crippen LogP contribution in [0.5, 0.6) is 5.75 Å². The molecule has 0 bridgehead atoms. The fraction of sp³-hybridized carbons (Fsp3) is 0.375. The van der Waals surface area contributed by atoms with Crippen molar-refractivity contribution in [3.8, 4) is 16.9 Å². The molecule has 0 aromatic carbocycles. The van der Waals surface area contributed by atoms with Crippen LogP contribution in [0.2, 0.25) is 5.15 Å². The molecule has 194 valence electrons. The maximum atomic E-state index is 13.2. The molecule has 1 aliphatic heterocycles. The Morgan fingerprint density at radius 1 is 1.24 bits per heavy atom. The Kier molecular flexibility index (Phi) is 6.59.